The smallest absolute Gasteiger partial charge is 0.311 e. The van der Waals surface area contributed by atoms with Gasteiger partial charge in [0.25, 0.3) is 0 Å². The van der Waals surface area contributed by atoms with Gasteiger partial charge in [0.05, 0.1) is 11.1 Å². The van der Waals surface area contributed by atoms with Gasteiger partial charge in [-0.2, -0.15) is 5.10 Å². The molecule has 1 aromatic rings. The van der Waals surface area contributed by atoms with E-state index in [-0.39, 0.29) is 11.4 Å². The van der Waals surface area contributed by atoms with Crippen molar-refractivity contribution in [3.8, 4) is 5.75 Å². The number of hydrogen-bond acceptors (Lipinski definition) is 5. The molecule has 3 N–H and O–H groups in total. The van der Waals surface area contributed by atoms with E-state index in [1.54, 1.807) is 0 Å². The lowest BCUT2D eigenvalue weighted by atomic mass is 10.2. The van der Waals surface area contributed by atoms with Crippen LogP contribution in [0.15, 0.2) is 23.3 Å². The first-order valence-electron chi connectivity index (χ1n) is 6.09. The highest BCUT2D eigenvalue weighted by Crippen LogP contribution is 2.25. The van der Waals surface area contributed by atoms with Crippen LogP contribution in [-0.4, -0.2) is 27.9 Å². The molecule has 0 aromatic heterocycles. The third-order valence-corrected chi connectivity index (χ3v) is 2.63. The van der Waals surface area contributed by atoms with Gasteiger partial charge in [-0.15, -0.1) is 0 Å². The van der Waals surface area contributed by atoms with Gasteiger partial charge >= 0.3 is 5.69 Å². The molecule has 0 fully saturated rings. The predicted molar refractivity (Wildman–Crippen MR) is 81.0 cm³/mol. The molecule has 0 unspecified atom stereocenters. The van der Waals surface area contributed by atoms with Gasteiger partial charge in [0.2, 0.25) is 0 Å². The topological polar surface area (TPSA) is 99.8 Å². The van der Waals surface area contributed by atoms with Crippen molar-refractivity contribution in [1.82, 2.24) is 10.7 Å². The van der Waals surface area contributed by atoms with E-state index in [4.69, 9.17) is 12.2 Å². The maximum Gasteiger partial charge on any atom is 0.311 e. The molecule has 108 valence electrons. The lowest BCUT2D eigenvalue weighted by Crippen LogP contribution is -2.32. The molecule has 20 heavy (non-hydrogen) atoms. The fourth-order valence-corrected chi connectivity index (χ4v) is 1.51. The summed E-state index contributed by atoms with van der Waals surface area (Å²) in [4.78, 5) is 10.0. The Balaban J connectivity index is 2.56. The summed E-state index contributed by atoms with van der Waals surface area (Å²) >= 11 is 4.99. The van der Waals surface area contributed by atoms with Crippen LogP contribution >= 0.6 is 12.2 Å². The van der Waals surface area contributed by atoms with Gasteiger partial charge in [0, 0.05) is 18.2 Å². The molecule has 0 saturated heterocycles. The Kier molecular flexibility index (Phi) is 6.38. The second kappa shape index (κ2) is 8.05. The molecule has 0 atom stereocenters. The van der Waals surface area contributed by atoms with Crippen LogP contribution in [0, 0.1) is 10.1 Å². The van der Waals surface area contributed by atoms with E-state index < -0.39 is 4.92 Å². The number of aromatic hydroxyl groups is 1. The molecule has 0 spiro atoms. The van der Waals surface area contributed by atoms with Gasteiger partial charge in [-0.1, -0.05) is 13.3 Å². The molecular formula is C12H16N4O3S. The van der Waals surface area contributed by atoms with Gasteiger partial charge in [-0.3, -0.25) is 15.5 Å². The average Bonchev–Trinajstić information content (AvgIpc) is 2.40. The summed E-state index contributed by atoms with van der Waals surface area (Å²) < 4.78 is 0. The number of rotatable bonds is 6. The summed E-state index contributed by atoms with van der Waals surface area (Å²) in [5.74, 6) is -0.378. The molecule has 8 heteroatoms. The van der Waals surface area contributed by atoms with E-state index in [0.717, 1.165) is 19.4 Å². The lowest BCUT2D eigenvalue weighted by Gasteiger charge is -2.05. The first kappa shape index (κ1) is 15.8. The lowest BCUT2D eigenvalue weighted by molar-refractivity contribution is -0.385. The molecule has 1 rings (SSSR count). The molecule has 0 saturated carbocycles. The summed E-state index contributed by atoms with van der Waals surface area (Å²) in [6, 6.07) is 3.99. The Morgan fingerprint density at radius 2 is 2.35 bits per heavy atom. The number of phenols is 1. The molecular weight excluding hydrogens is 280 g/mol. The van der Waals surface area contributed by atoms with Crippen LogP contribution in [0.1, 0.15) is 25.3 Å². The van der Waals surface area contributed by atoms with Crippen molar-refractivity contribution >= 4 is 29.2 Å². The normalized spacial score (nSPS) is 10.4. The number of nitro benzene ring substituents is 1. The van der Waals surface area contributed by atoms with Crippen LogP contribution in [0.25, 0.3) is 0 Å². The van der Waals surface area contributed by atoms with Gasteiger partial charge in [-0.05, 0) is 30.8 Å². The number of nitro groups is 1. The maximum absolute atomic E-state index is 10.7. The van der Waals surface area contributed by atoms with Gasteiger partial charge in [-0.25, -0.2) is 0 Å². The van der Waals surface area contributed by atoms with Crippen molar-refractivity contribution < 1.29 is 10.0 Å². The molecule has 0 heterocycles. The van der Waals surface area contributed by atoms with E-state index in [9.17, 15) is 15.2 Å². The third-order valence-electron chi connectivity index (χ3n) is 2.39. The second-order valence-electron chi connectivity index (χ2n) is 3.98. The van der Waals surface area contributed by atoms with Crippen molar-refractivity contribution in [2.75, 3.05) is 6.54 Å². The monoisotopic (exact) mass is 296 g/mol. The second-order valence-corrected chi connectivity index (χ2v) is 4.39. The molecule has 0 bridgehead atoms. The van der Waals surface area contributed by atoms with Crippen molar-refractivity contribution in [3.63, 3.8) is 0 Å². The van der Waals surface area contributed by atoms with Crippen LogP contribution in [-0.2, 0) is 0 Å². The summed E-state index contributed by atoms with van der Waals surface area (Å²) in [5.41, 5.74) is 2.73. The molecule has 0 aliphatic heterocycles. The Labute approximate surface area is 121 Å². The molecule has 7 nitrogen and oxygen atoms in total. The third kappa shape index (κ3) is 5.19. The van der Waals surface area contributed by atoms with E-state index in [2.05, 4.69) is 22.8 Å². The molecule has 1 aromatic carbocycles. The highest BCUT2D eigenvalue weighted by atomic mass is 32.1. The summed E-state index contributed by atoms with van der Waals surface area (Å²) in [5, 5.41) is 27.2. The van der Waals surface area contributed by atoms with Crippen molar-refractivity contribution in [2.24, 2.45) is 5.10 Å². The Bertz CT molecular complexity index is 519. The number of hydrogen-bond donors (Lipinski definition) is 3. The Morgan fingerprint density at radius 3 is 3.00 bits per heavy atom. The van der Waals surface area contributed by atoms with Crippen molar-refractivity contribution in [2.45, 2.75) is 19.8 Å². The SMILES string of the molecule is CCCCNC(=S)N/N=C\c1ccc(O)c([N+](=O)[O-])c1. The molecule has 0 aliphatic rings. The number of nitrogens with one attached hydrogen (secondary N) is 2. The summed E-state index contributed by atoms with van der Waals surface area (Å²) in [7, 11) is 0. The minimum absolute atomic E-state index is 0.363. The zero-order valence-electron chi connectivity index (χ0n) is 11.0. The predicted octanol–water partition coefficient (Wildman–Crippen LogP) is 1.90. The van der Waals surface area contributed by atoms with E-state index in [1.165, 1.54) is 24.4 Å². The fourth-order valence-electron chi connectivity index (χ4n) is 1.35. The van der Waals surface area contributed by atoms with Gasteiger partial charge in [0.15, 0.2) is 10.9 Å². The number of phenolic OH excluding ortho intramolecular Hbond substituents is 1. The van der Waals surface area contributed by atoms with Crippen LogP contribution in [0.5, 0.6) is 5.75 Å². The van der Waals surface area contributed by atoms with Gasteiger partial charge in [0.1, 0.15) is 0 Å². The first-order chi connectivity index (χ1) is 9.54. The zero-order chi connectivity index (χ0) is 15.0. The quantitative estimate of drug-likeness (QED) is 0.244. The standard InChI is InChI=1S/C12H16N4O3S/c1-2-3-6-13-12(20)15-14-8-9-4-5-11(17)10(7-9)16(18)19/h4-5,7-8,17H,2-3,6H2,1H3,(H2,13,15,20)/b14-8-. The van der Waals surface area contributed by atoms with E-state index >= 15 is 0 Å². The fraction of sp³-hybridized carbons (Fsp3) is 0.333. The summed E-state index contributed by atoms with van der Waals surface area (Å²) in [6.07, 6.45) is 3.46. The van der Waals surface area contributed by atoms with Gasteiger partial charge < -0.3 is 10.4 Å². The number of thiocarbonyl (C=S) groups is 1. The highest BCUT2D eigenvalue weighted by Gasteiger charge is 2.12. The zero-order valence-corrected chi connectivity index (χ0v) is 11.8. The number of hydrazone groups is 1. The molecule has 0 aliphatic carbocycles. The molecule has 0 amide bonds. The first-order valence-corrected chi connectivity index (χ1v) is 6.49. The molecule has 0 radical (unpaired) electrons. The number of benzene rings is 1. The van der Waals surface area contributed by atoms with Crippen LogP contribution in [0.4, 0.5) is 5.69 Å². The summed E-state index contributed by atoms with van der Waals surface area (Å²) in [6.45, 7) is 2.84. The highest BCUT2D eigenvalue weighted by molar-refractivity contribution is 7.80. The number of unbranched alkanes of at least 4 members (excludes halogenated alkanes) is 1. The minimum Gasteiger partial charge on any atom is -0.502 e. The van der Waals surface area contributed by atoms with Crippen molar-refractivity contribution in [3.05, 3.63) is 33.9 Å². The number of nitrogens with zero attached hydrogens (tertiary/aromatic N) is 2. The largest absolute Gasteiger partial charge is 0.502 e. The van der Waals surface area contributed by atoms with Crippen LogP contribution < -0.4 is 10.7 Å². The van der Waals surface area contributed by atoms with E-state index in [1.807, 2.05) is 0 Å². The van der Waals surface area contributed by atoms with Crippen LogP contribution in [0.2, 0.25) is 0 Å². The van der Waals surface area contributed by atoms with E-state index in [0.29, 0.717) is 10.7 Å². The minimum atomic E-state index is -0.656. The Morgan fingerprint density at radius 1 is 1.60 bits per heavy atom. The Hall–Kier alpha value is -2.22. The maximum atomic E-state index is 10.7. The van der Waals surface area contributed by atoms with Crippen molar-refractivity contribution in [1.29, 1.82) is 0 Å². The van der Waals surface area contributed by atoms with Crippen LogP contribution in [0.3, 0.4) is 0 Å². The average molecular weight is 296 g/mol.